The highest BCUT2D eigenvalue weighted by Crippen LogP contribution is 2.37. The molecule has 0 unspecified atom stereocenters. The van der Waals surface area contributed by atoms with E-state index in [1.807, 2.05) is 13.0 Å². The quantitative estimate of drug-likeness (QED) is 0.599. The van der Waals surface area contributed by atoms with Crippen molar-refractivity contribution in [3.8, 4) is 17.3 Å². The van der Waals surface area contributed by atoms with Gasteiger partial charge >= 0.3 is 0 Å². The van der Waals surface area contributed by atoms with E-state index in [-0.39, 0.29) is 0 Å². The normalized spacial score (nSPS) is 17.6. The number of fused-ring (bicyclic) bond motifs is 1. The Morgan fingerprint density at radius 3 is 2.75 bits per heavy atom. The van der Waals surface area contributed by atoms with Crippen LogP contribution in [0.3, 0.4) is 0 Å². The predicted octanol–water partition coefficient (Wildman–Crippen LogP) is 5.25. The first-order valence-electron chi connectivity index (χ1n) is 9.64. The number of nitrogens with zero attached hydrogens (tertiary/aromatic N) is 4. The third kappa shape index (κ3) is 3.26. The summed E-state index contributed by atoms with van der Waals surface area (Å²) >= 11 is 6.52. The first-order chi connectivity index (χ1) is 13.5. The standard InChI is InChI=1S/C23H23ClN4/c1-14-10-16(12-25)11-20(24)21(14)22-15(2)18-7-4-8-19(23(18)27-26-22)17-6-5-9-28(3)13-17/h4,7-8,10-11,17H,5-6,9,13H2,1-3H3/t17-/m1/s1. The molecule has 1 aliphatic rings. The molecule has 0 saturated carbocycles. The topological polar surface area (TPSA) is 52.8 Å². The van der Waals surface area contributed by atoms with Gasteiger partial charge in [0, 0.05) is 17.5 Å². The van der Waals surface area contributed by atoms with Crippen LogP contribution in [0.4, 0.5) is 0 Å². The van der Waals surface area contributed by atoms with Gasteiger partial charge in [0.2, 0.25) is 0 Å². The highest BCUT2D eigenvalue weighted by molar-refractivity contribution is 6.33. The number of rotatable bonds is 2. The molecule has 0 amide bonds. The van der Waals surface area contributed by atoms with E-state index in [1.54, 1.807) is 6.07 Å². The van der Waals surface area contributed by atoms with Crippen LogP contribution in [0.1, 0.15) is 41.0 Å². The minimum absolute atomic E-state index is 0.488. The monoisotopic (exact) mass is 390 g/mol. The summed E-state index contributed by atoms with van der Waals surface area (Å²) in [5, 5.41) is 20.1. The minimum Gasteiger partial charge on any atom is -0.306 e. The highest BCUT2D eigenvalue weighted by Gasteiger charge is 2.23. The van der Waals surface area contributed by atoms with E-state index in [0.29, 0.717) is 16.5 Å². The predicted molar refractivity (Wildman–Crippen MR) is 114 cm³/mol. The third-order valence-corrected chi connectivity index (χ3v) is 6.09. The number of benzene rings is 2. The zero-order valence-electron chi connectivity index (χ0n) is 16.5. The van der Waals surface area contributed by atoms with E-state index in [9.17, 15) is 5.26 Å². The fourth-order valence-corrected chi connectivity index (χ4v) is 4.73. The Hall–Kier alpha value is -2.48. The van der Waals surface area contributed by atoms with Gasteiger partial charge in [-0.05, 0) is 75.0 Å². The minimum atomic E-state index is 0.488. The highest BCUT2D eigenvalue weighted by atomic mass is 35.5. The van der Waals surface area contributed by atoms with E-state index in [2.05, 4.69) is 53.3 Å². The molecule has 2 aromatic carbocycles. The summed E-state index contributed by atoms with van der Waals surface area (Å²) in [6, 6.07) is 12.1. The number of nitriles is 1. The Morgan fingerprint density at radius 2 is 2.04 bits per heavy atom. The van der Waals surface area contributed by atoms with Gasteiger partial charge in [-0.3, -0.25) is 0 Å². The van der Waals surface area contributed by atoms with Gasteiger partial charge in [0.15, 0.2) is 0 Å². The van der Waals surface area contributed by atoms with Crippen molar-refractivity contribution in [1.29, 1.82) is 5.26 Å². The summed E-state index contributed by atoms with van der Waals surface area (Å²) in [4.78, 5) is 2.39. The summed E-state index contributed by atoms with van der Waals surface area (Å²) in [5.41, 5.74) is 6.49. The summed E-state index contributed by atoms with van der Waals surface area (Å²) in [6.07, 6.45) is 2.40. The number of piperidine rings is 1. The van der Waals surface area contributed by atoms with Gasteiger partial charge in [0.05, 0.1) is 27.9 Å². The van der Waals surface area contributed by atoms with Crippen LogP contribution in [-0.4, -0.2) is 35.2 Å². The van der Waals surface area contributed by atoms with Crippen molar-refractivity contribution in [2.45, 2.75) is 32.6 Å². The van der Waals surface area contributed by atoms with Gasteiger partial charge < -0.3 is 4.90 Å². The molecule has 0 spiro atoms. The smallest absolute Gasteiger partial charge is 0.0992 e. The number of likely N-dealkylation sites (tertiary alicyclic amines) is 1. The number of aryl methyl sites for hydroxylation is 2. The average molecular weight is 391 g/mol. The van der Waals surface area contributed by atoms with Crippen LogP contribution in [0.5, 0.6) is 0 Å². The second-order valence-electron chi connectivity index (χ2n) is 7.78. The third-order valence-electron chi connectivity index (χ3n) is 5.79. The Labute approximate surface area is 170 Å². The number of hydrogen-bond acceptors (Lipinski definition) is 4. The largest absolute Gasteiger partial charge is 0.306 e. The lowest BCUT2D eigenvalue weighted by molar-refractivity contribution is 0.251. The van der Waals surface area contributed by atoms with E-state index >= 15 is 0 Å². The number of halogens is 1. The van der Waals surface area contributed by atoms with Crippen LogP contribution in [-0.2, 0) is 0 Å². The van der Waals surface area contributed by atoms with Crippen LogP contribution in [0.2, 0.25) is 5.02 Å². The summed E-state index contributed by atoms with van der Waals surface area (Å²) in [5.74, 6) is 0.488. The van der Waals surface area contributed by atoms with Crippen molar-refractivity contribution in [2.24, 2.45) is 0 Å². The van der Waals surface area contributed by atoms with Crippen molar-refractivity contribution < 1.29 is 0 Å². The van der Waals surface area contributed by atoms with Gasteiger partial charge in [0.1, 0.15) is 0 Å². The van der Waals surface area contributed by atoms with E-state index in [1.165, 1.54) is 18.4 Å². The fourth-order valence-electron chi connectivity index (χ4n) is 4.37. The SMILES string of the molecule is Cc1cc(C#N)cc(Cl)c1-c1nnc2c([C@@H]3CCCN(C)C3)cccc2c1C. The molecule has 1 aliphatic heterocycles. The van der Waals surface area contributed by atoms with Crippen LogP contribution in [0, 0.1) is 25.2 Å². The maximum Gasteiger partial charge on any atom is 0.0992 e. The molecule has 1 aromatic heterocycles. The van der Waals surface area contributed by atoms with Crippen LogP contribution in [0.25, 0.3) is 22.2 Å². The molecule has 142 valence electrons. The molecule has 0 bridgehead atoms. The van der Waals surface area contributed by atoms with Gasteiger partial charge in [-0.15, -0.1) is 10.2 Å². The number of hydrogen-bond donors (Lipinski definition) is 0. The van der Waals surface area contributed by atoms with Gasteiger partial charge in [-0.2, -0.15) is 5.26 Å². The second kappa shape index (κ2) is 7.50. The molecule has 1 fully saturated rings. The zero-order chi connectivity index (χ0) is 19.8. The first kappa shape index (κ1) is 18.9. The molecule has 5 heteroatoms. The molecule has 3 aromatic rings. The van der Waals surface area contributed by atoms with Gasteiger partial charge in [-0.25, -0.2) is 0 Å². The van der Waals surface area contributed by atoms with Crippen LogP contribution in [0.15, 0.2) is 30.3 Å². The summed E-state index contributed by atoms with van der Waals surface area (Å²) < 4.78 is 0. The molecule has 0 aliphatic carbocycles. The molecular weight excluding hydrogens is 368 g/mol. The van der Waals surface area contributed by atoms with Crippen molar-refractivity contribution in [2.75, 3.05) is 20.1 Å². The first-order valence-corrected chi connectivity index (χ1v) is 10.0. The molecule has 4 nitrogen and oxygen atoms in total. The molecule has 1 saturated heterocycles. The fraction of sp³-hybridized carbons (Fsp3) is 0.348. The van der Waals surface area contributed by atoms with Crippen molar-refractivity contribution in [3.63, 3.8) is 0 Å². The summed E-state index contributed by atoms with van der Waals surface area (Å²) in [7, 11) is 2.18. The molecule has 4 rings (SSSR count). The van der Waals surface area contributed by atoms with E-state index in [0.717, 1.165) is 46.4 Å². The number of aromatic nitrogens is 2. The Balaban J connectivity index is 1.86. The zero-order valence-corrected chi connectivity index (χ0v) is 17.2. The van der Waals surface area contributed by atoms with Crippen molar-refractivity contribution >= 4 is 22.5 Å². The maximum atomic E-state index is 9.18. The van der Waals surface area contributed by atoms with Crippen molar-refractivity contribution in [3.05, 3.63) is 57.6 Å². The molecule has 1 atom stereocenters. The number of likely N-dealkylation sites (N-methyl/N-ethyl adjacent to an activating group) is 1. The molecule has 0 radical (unpaired) electrons. The van der Waals surface area contributed by atoms with E-state index < -0.39 is 0 Å². The summed E-state index contributed by atoms with van der Waals surface area (Å²) in [6.45, 7) is 6.26. The van der Waals surface area contributed by atoms with Crippen LogP contribution < -0.4 is 0 Å². The molecule has 28 heavy (non-hydrogen) atoms. The Morgan fingerprint density at radius 1 is 1.21 bits per heavy atom. The van der Waals surface area contributed by atoms with Gasteiger partial charge in [0.25, 0.3) is 0 Å². The van der Waals surface area contributed by atoms with Gasteiger partial charge in [-0.1, -0.05) is 29.8 Å². The molecular formula is C23H23ClN4. The second-order valence-corrected chi connectivity index (χ2v) is 8.19. The maximum absolute atomic E-state index is 9.18. The Bertz CT molecular complexity index is 1080. The Kier molecular flexibility index (Phi) is 5.05. The van der Waals surface area contributed by atoms with Crippen molar-refractivity contribution in [1.82, 2.24) is 15.1 Å². The lowest BCUT2D eigenvalue weighted by Gasteiger charge is -2.30. The lowest BCUT2D eigenvalue weighted by Crippen LogP contribution is -2.31. The molecule has 0 N–H and O–H groups in total. The molecule has 2 heterocycles. The van der Waals surface area contributed by atoms with Crippen LogP contribution >= 0.6 is 11.6 Å². The average Bonchev–Trinajstić information content (AvgIpc) is 2.68. The van der Waals surface area contributed by atoms with E-state index in [4.69, 9.17) is 11.6 Å². The lowest BCUT2D eigenvalue weighted by atomic mass is 9.88.